The molecule has 0 amide bonds. The first-order chi connectivity index (χ1) is 8.90. The van der Waals surface area contributed by atoms with Crippen LogP contribution in [0.1, 0.15) is 26.3 Å². The third kappa shape index (κ3) is 7.15. The van der Waals surface area contributed by atoms with Crippen LogP contribution < -0.4 is 10.1 Å². The molecule has 0 heterocycles. The van der Waals surface area contributed by atoms with Gasteiger partial charge in [-0.3, -0.25) is 0 Å². The normalized spacial score (nSPS) is 13.3. The highest BCUT2D eigenvalue weighted by Gasteiger charge is 2.12. The third-order valence-electron chi connectivity index (χ3n) is 2.52. The summed E-state index contributed by atoms with van der Waals surface area (Å²) in [5.74, 6) is 0.754. The smallest absolute Gasteiger partial charge is 0.119 e. The Morgan fingerprint density at radius 2 is 2.05 bits per heavy atom. The Kier molecular flexibility index (Phi) is 6.28. The Labute approximate surface area is 115 Å². The molecule has 0 saturated heterocycles. The number of ether oxygens (including phenoxy) is 2. The van der Waals surface area contributed by atoms with Crippen molar-refractivity contribution in [3.63, 3.8) is 0 Å². The van der Waals surface area contributed by atoms with E-state index in [4.69, 9.17) is 9.47 Å². The second-order valence-corrected chi connectivity index (χ2v) is 5.68. The summed E-state index contributed by atoms with van der Waals surface area (Å²) in [5.41, 5.74) is 1.06. The van der Waals surface area contributed by atoms with Gasteiger partial charge in [-0.25, -0.2) is 0 Å². The van der Waals surface area contributed by atoms with E-state index in [2.05, 4.69) is 26.1 Å². The molecule has 0 radical (unpaired) electrons. The summed E-state index contributed by atoms with van der Waals surface area (Å²) in [7, 11) is 1.66. The molecule has 1 aromatic rings. The summed E-state index contributed by atoms with van der Waals surface area (Å²) in [6, 6.07) is 7.70. The van der Waals surface area contributed by atoms with Gasteiger partial charge in [0.2, 0.25) is 0 Å². The van der Waals surface area contributed by atoms with Gasteiger partial charge >= 0.3 is 0 Å². The molecule has 1 rings (SSSR count). The lowest BCUT2D eigenvalue weighted by Gasteiger charge is -2.23. The molecule has 0 bridgehead atoms. The largest absolute Gasteiger partial charge is 0.491 e. The molecule has 0 saturated carbocycles. The lowest BCUT2D eigenvalue weighted by molar-refractivity contribution is 0.0999. The van der Waals surface area contributed by atoms with Gasteiger partial charge in [0.1, 0.15) is 18.5 Å². The summed E-state index contributed by atoms with van der Waals surface area (Å²) >= 11 is 0. The molecular weight excluding hydrogens is 242 g/mol. The molecule has 0 spiro atoms. The number of methoxy groups -OCH3 is 1. The van der Waals surface area contributed by atoms with E-state index in [9.17, 15) is 5.11 Å². The van der Waals surface area contributed by atoms with Gasteiger partial charge in [-0.05, 0) is 38.5 Å². The number of aliphatic hydroxyl groups excluding tert-OH is 1. The molecule has 0 aliphatic carbocycles. The third-order valence-corrected chi connectivity index (χ3v) is 2.52. The van der Waals surface area contributed by atoms with Crippen molar-refractivity contribution in [2.24, 2.45) is 0 Å². The van der Waals surface area contributed by atoms with Crippen LogP contribution in [0.15, 0.2) is 24.3 Å². The SMILES string of the molecule is COCc1cccc(OCC(O)CNC(C)(C)C)c1. The maximum atomic E-state index is 9.83. The zero-order valence-corrected chi connectivity index (χ0v) is 12.3. The van der Waals surface area contributed by atoms with Crippen molar-refractivity contribution in [1.29, 1.82) is 0 Å². The van der Waals surface area contributed by atoms with Crippen LogP contribution in [-0.4, -0.2) is 37.0 Å². The van der Waals surface area contributed by atoms with E-state index in [-0.39, 0.29) is 12.1 Å². The second-order valence-electron chi connectivity index (χ2n) is 5.68. The van der Waals surface area contributed by atoms with Crippen molar-refractivity contribution in [3.8, 4) is 5.75 Å². The van der Waals surface area contributed by atoms with Gasteiger partial charge in [0.15, 0.2) is 0 Å². The molecule has 108 valence electrons. The minimum atomic E-state index is -0.523. The molecular formula is C15H25NO3. The number of aliphatic hydroxyl groups is 1. The van der Waals surface area contributed by atoms with E-state index in [0.717, 1.165) is 11.3 Å². The average molecular weight is 267 g/mol. The molecule has 0 aliphatic rings. The summed E-state index contributed by atoms with van der Waals surface area (Å²) in [4.78, 5) is 0. The Balaban J connectivity index is 2.37. The van der Waals surface area contributed by atoms with Crippen molar-refractivity contribution in [2.45, 2.75) is 39.0 Å². The van der Waals surface area contributed by atoms with Crippen molar-refractivity contribution < 1.29 is 14.6 Å². The van der Waals surface area contributed by atoms with Crippen LogP contribution >= 0.6 is 0 Å². The first-order valence-corrected chi connectivity index (χ1v) is 6.54. The number of β-amino-alcohol motifs (C(OH)–C–C–N with tert-alkyl or cyclic N) is 1. The molecule has 0 aromatic heterocycles. The van der Waals surface area contributed by atoms with E-state index >= 15 is 0 Å². The predicted molar refractivity (Wildman–Crippen MR) is 76.4 cm³/mol. The molecule has 1 unspecified atom stereocenters. The average Bonchev–Trinajstić information content (AvgIpc) is 2.34. The van der Waals surface area contributed by atoms with Crippen molar-refractivity contribution in [3.05, 3.63) is 29.8 Å². The summed E-state index contributed by atoms with van der Waals surface area (Å²) < 4.78 is 10.6. The minimum absolute atomic E-state index is 0.000634. The monoisotopic (exact) mass is 267 g/mol. The summed E-state index contributed by atoms with van der Waals surface area (Å²) in [6.07, 6.45) is -0.523. The number of hydrogen-bond acceptors (Lipinski definition) is 4. The van der Waals surface area contributed by atoms with Crippen LogP contribution in [0.3, 0.4) is 0 Å². The fraction of sp³-hybridized carbons (Fsp3) is 0.600. The fourth-order valence-corrected chi connectivity index (χ4v) is 1.57. The summed E-state index contributed by atoms with van der Waals surface area (Å²) in [5, 5.41) is 13.1. The first kappa shape index (κ1) is 16.0. The van der Waals surface area contributed by atoms with Crippen molar-refractivity contribution >= 4 is 0 Å². The molecule has 1 aromatic carbocycles. The van der Waals surface area contributed by atoms with E-state index in [1.807, 2.05) is 24.3 Å². The predicted octanol–water partition coefficient (Wildman–Crippen LogP) is 1.96. The Hall–Kier alpha value is -1.10. The van der Waals surface area contributed by atoms with Gasteiger partial charge in [0, 0.05) is 19.2 Å². The molecule has 19 heavy (non-hydrogen) atoms. The van der Waals surface area contributed by atoms with Gasteiger partial charge in [0.05, 0.1) is 6.61 Å². The van der Waals surface area contributed by atoms with Gasteiger partial charge in [-0.15, -0.1) is 0 Å². The first-order valence-electron chi connectivity index (χ1n) is 6.54. The number of rotatable bonds is 7. The van der Waals surface area contributed by atoms with Crippen LogP contribution in [0.25, 0.3) is 0 Å². The fourth-order valence-electron chi connectivity index (χ4n) is 1.57. The molecule has 1 atom stereocenters. The molecule has 2 N–H and O–H groups in total. The van der Waals surface area contributed by atoms with E-state index < -0.39 is 6.10 Å². The van der Waals surface area contributed by atoms with Crippen LogP contribution in [0, 0.1) is 0 Å². The van der Waals surface area contributed by atoms with Crippen LogP contribution in [0.4, 0.5) is 0 Å². The van der Waals surface area contributed by atoms with Crippen molar-refractivity contribution in [1.82, 2.24) is 5.32 Å². The molecule has 4 heteroatoms. The van der Waals surface area contributed by atoms with E-state index in [1.54, 1.807) is 7.11 Å². The Morgan fingerprint density at radius 1 is 1.32 bits per heavy atom. The minimum Gasteiger partial charge on any atom is -0.491 e. The lowest BCUT2D eigenvalue weighted by atomic mass is 10.1. The Morgan fingerprint density at radius 3 is 2.68 bits per heavy atom. The van der Waals surface area contributed by atoms with E-state index in [1.165, 1.54) is 0 Å². The molecule has 4 nitrogen and oxygen atoms in total. The van der Waals surface area contributed by atoms with Gasteiger partial charge in [-0.2, -0.15) is 0 Å². The topological polar surface area (TPSA) is 50.7 Å². The maximum absolute atomic E-state index is 9.83. The van der Waals surface area contributed by atoms with Gasteiger partial charge in [0.25, 0.3) is 0 Å². The zero-order chi connectivity index (χ0) is 14.3. The highest BCUT2D eigenvalue weighted by molar-refractivity contribution is 5.28. The Bertz CT molecular complexity index is 374. The van der Waals surface area contributed by atoms with Gasteiger partial charge < -0.3 is 19.9 Å². The standard InChI is InChI=1S/C15H25NO3/c1-15(2,3)16-9-13(17)11-19-14-7-5-6-12(8-14)10-18-4/h5-8,13,16-17H,9-11H2,1-4H3. The number of hydrogen-bond donors (Lipinski definition) is 2. The number of benzene rings is 1. The van der Waals surface area contributed by atoms with Crippen molar-refractivity contribution in [2.75, 3.05) is 20.3 Å². The molecule has 0 aliphatic heterocycles. The zero-order valence-electron chi connectivity index (χ0n) is 12.3. The van der Waals surface area contributed by atoms with E-state index in [0.29, 0.717) is 13.2 Å². The number of nitrogens with one attached hydrogen (secondary N) is 1. The maximum Gasteiger partial charge on any atom is 0.119 e. The second kappa shape index (κ2) is 7.48. The van der Waals surface area contributed by atoms with Gasteiger partial charge in [-0.1, -0.05) is 12.1 Å². The molecule has 0 fully saturated rings. The highest BCUT2D eigenvalue weighted by Crippen LogP contribution is 2.14. The van der Waals surface area contributed by atoms with Crippen LogP contribution in [-0.2, 0) is 11.3 Å². The highest BCUT2D eigenvalue weighted by atomic mass is 16.5. The van der Waals surface area contributed by atoms with Crippen LogP contribution in [0.5, 0.6) is 5.75 Å². The summed E-state index contributed by atoms with van der Waals surface area (Å²) in [6.45, 7) is 7.55. The van der Waals surface area contributed by atoms with Crippen LogP contribution in [0.2, 0.25) is 0 Å². The quantitative estimate of drug-likeness (QED) is 0.793. The lowest BCUT2D eigenvalue weighted by Crippen LogP contribution is -2.42.